The molecule has 0 spiro atoms. The van der Waals surface area contributed by atoms with E-state index in [9.17, 15) is 9.59 Å². The van der Waals surface area contributed by atoms with Crippen LogP contribution in [0.2, 0.25) is 0 Å². The van der Waals surface area contributed by atoms with Gasteiger partial charge in [-0.15, -0.1) is 0 Å². The monoisotopic (exact) mass is 331 g/mol. The molecule has 0 radical (unpaired) electrons. The van der Waals surface area contributed by atoms with Crippen LogP contribution in [0.3, 0.4) is 0 Å². The third-order valence-corrected chi connectivity index (χ3v) is 3.35. The molecule has 0 atom stereocenters. The topological polar surface area (TPSA) is 96.5 Å². The molecule has 0 aliphatic heterocycles. The SMILES string of the molecule is CCCCOc1ccc(CO/N=C/c2c(C)[nH]c(=O)[nH]c2=O)cc1. The number of hydrogen-bond acceptors (Lipinski definition) is 5. The van der Waals surface area contributed by atoms with Gasteiger partial charge in [0.05, 0.1) is 18.4 Å². The van der Waals surface area contributed by atoms with Crippen LogP contribution in [0, 0.1) is 6.92 Å². The summed E-state index contributed by atoms with van der Waals surface area (Å²) < 4.78 is 5.58. The summed E-state index contributed by atoms with van der Waals surface area (Å²) in [5.41, 5.74) is 0.579. The highest BCUT2D eigenvalue weighted by molar-refractivity contribution is 5.79. The molecule has 7 heteroatoms. The molecule has 0 fully saturated rings. The Hall–Kier alpha value is -2.83. The Balaban J connectivity index is 1.88. The summed E-state index contributed by atoms with van der Waals surface area (Å²) in [5, 5.41) is 3.77. The number of nitrogens with one attached hydrogen (secondary N) is 2. The molecule has 1 heterocycles. The van der Waals surface area contributed by atoms with Gasteiger partial charge in [-0.2, -0.15) is 0 Å². The molecule has 0 aliphatic carbocycles. The number of H-pyrrole nitrogens is 2. The molecule has 0 saturated carbocycles. The normalized spacial score (nSPS) is 10.9. The zero-order valence-corrected chi connectivity index (χ0v) is 13.8. The Labute approximate surface area is 139 Å². The molecule has 0 unspecified atom stereocenters. The molecule has 2 rings (SSSR count). The first-order valence-corrected chi connectivity index (χ1v) is 7.80. The van der Waals surface area contributed by atoms with Crippen LogP contribution < -0.4 is 16.0 Å². The summed E-state index contributed by atoms with van der Waals surface area (Å²) in [5.74, 6) is 0.825. The minimum Gasteiger partial charge on any atom is -0.494 e. The molecule has 0 bridgehead atoms. The molecule has 24 heavy (non-hydrogen) atoms. The lowest BCUT2D eigenvalue weighted by Crippen LogP contribution is -2.26. The minimum atomic E-state index is -0.545. The van der Waals surface area contributed by atoms with Crippen molar-refractivity contribution in [3.05, 3.63) is 61.9 Å². The second-order valence-corrected chi connectivity index (χ2v) is 5.30. The van der Waals surface area contributed by atoms with Crippen molar-refractivity contribution in [3.8, 4) is 5.75 Å². The van der Waals surface area contributed by atoms with Gasteiger partial charge in [0.25, 0.3) is 5.56 Å². The van der Waals surface area contributed by atoms with E-state index in [4.69, 9.17) is 9.57 Å². The Morgan fingerprint density at radius 3 is 2.58 bits per heavy atom. The lowest BCUT2D eigenvalue weighted by Gasteiger charge is -2.06. The molecular weight excluding hydrogens is 310 g/mol. The number of ether oxygens (including phenoxy) is 1. The summed E-state index contributed by atoms with van der Waals surface area (Å²) >= 11 is 0. The van der Waals surface area contributed by atoms with Crippen molar-refractivity contribution < 1.29 is 9.57 Å². The fourth-order valence-corrected chi connectivity index (χ4v) is 1.98. The molecule has 0 saturated heterocycles. The van der Waals surface area contributed by atoms with Crippen LogP contribution in [-0.2, 0) is 11.4 Å². The second kappa shape index (κ2) is 8.71. The van der Waals surface area contributed by atoms with Crippen molar-refractivity contribution in [2.75, 3.05) is 6.61 Å². The van der Waals surface area contributed by atoms with Gasteiger partial charge in [-0.1, -0.05) is 30.6 Å². The zero-order valence-electron chi connectivity index (χ0n) is 13.8. The number of aromatic nitrogens is 2. The van der Waals surface area contributed by atoms with Gasteiger partial charge in [0, 0.05) is 5.69 Å². The molecule has 1 aromatic carbocycles. The van der Waals surface area contributed by atoms with Crippen LogP contribution in [0.25, 0.3) is 0 Å². The van der Waals surface area contributed by atoms with Gasteiger partial charge >= 0.3 is 5.69 Å². The van der Waals surface area contributed by atoms with Gasteiger partial charge in [0.1, 0.15) is 12.4 Å². The van der Waals surface area contributed by atoms with E-state index >= 15 is 0 Å². The lowest BCUT2D eigenvalue weighted by atomic mass is 10.2. The van der Waals surface area contributed by atoms with E-state index in [1.165, 1.54) is 6.21 Å². The smallest absolute Gasteiger partial charge is 0.325 e. The van der Waals surface area contributed by atoms with Crippen molar-refractivity contribution >= 4 is 6.21 Å². The summed E-state index contributed by atoms with van der Waals surface area (Å²) in [7, 11) is 0. The van der Waals surface area contributed by atoms with Crippen LogP contribution in [0.5, 0.6) is 5.75 Å². The zero-order chi connectivity index (χ0) is 17.4. The number of nitrogens with zero attached hydrogens (tertiary/aromatic N) is 1. The second-order valence-electron chi connectivity index (χ2n) is 5.30. The molecule has 0 amide bonds. The highest BCUT2D eigenvalue weighted by Crippen LogP contribution is 2.13. The van der Waals surface area contributed by atoms with Crippen molar-refractivity contribution in [1.82, 2.24) is 9.97 Å². The molecular formula is C17H21N3O4. The largest absolute Gasteiger partial charge is 0.494 e. The molecule has 2 aromatic rings. The number of aromatic amines is 2. The first-order valence-electron chi connectivity index (χ1n) is 7.80. The molecule has 128 valence electrons. The van der Waals surface area contributed by atoms with Crippen molar-refractivity contribution in [1.29, 1.82) is 0 Å². The van der Waals surface area contributed by atoms with Crippen molar-refractivity contribution in [2.24, 2.45) is 5.16 Å². The third-order valence-electron chi connectivity index (χ3n) is 3.35. The van der Waals surface area contributed by atoms with Crippen molar-refractivity contribution in [2.45, 2.75) is 33.3 Å². The third kappa shape index (κ3) is 5.12. The first kappa shape index (κ1) is 17.5. The van der Waals surface area contributed by atoms with Gasteiger partial charge in [0.15, 0.2) is 0 Å². The number of benzene rings is 1. The standard InChI is InChI=1S/C17H21N3O4/c1-3-4-9-23-14-7-5-13(6-8-14)11-24-18-10-15-12(2)19-17(22)20-16(15)21/h5-8,10H,3-4,9,11H2,1-2H3,(H2,19,20,21,22)/b18-10+. The van der Waals surface area contributed by atoms with Crippen LogP contribution in [0.1, 0.15) is 36.6 Å². The quantitative estimate of drug-likeness (QED) is 0.440. The highest BCUT2D eigenvalue weighted by atomic mass is 16.6. The van der Waals surface area contributed by atoms with Crippen molar-refractivity contribution in [3.63, 3.8) is 0 Å². The van der Waals surface area contributed by atoms with Crippen LogP contribution in [-0.4, -0.2) is 22.8 Å². The molecule has 0 aliphatic rings. The Morgan fingerprint density at radius 1 is 1.17 bits per heavy atom. The number of oxime groups is 1. The number of hydrogen-bond donors (Lipinski definition) is 2. The fourth-order valence-electron chi connectivity index (χ4n) is 1.98. The maximum absolute atomic E-state index is 11.6. The van der Waals surface area contributed by atoms with Gasteiger partial charge in [-0.05, 0) is 31.0 Å². The van der Waals surface area contributed by atoms with Gasteiger partial charge in [-0.3, -0.25) is 9.78 Å². The first-order chi connectivity index (χ1) is 11.6. The highest BCUT2D eigenvalue weighted by Gasteiger charge is 2.02. The maximum atomic E-state index is 11.6. The molecule has 2 N–H and O–H groups in total. The average Bonchev–Trinajstić information content (AvgIpc) is 2.55. The Morgan fingerprint density at radius 2 is 1.92 bits per heavy atom. The van der Waals surface area contributed by atoms with E-state index in [0.717, 1.165) is 24.2 Å². The average molecular weight is 331 g/mol. The fraction of sp³-hybridized carbons (Fsp3) is 0.353. The number of rotatable bonds is 8. The lowest BCUT2D eigenvalue weighted by molar-refractivity contribution is 0.132. The van der Waals surface area contributed by atoms with E-state index in [1.807, 2.05) is 24.3 Å². The summed E-state index contributed by atoms with van der Waals surface area (Å²) in [6, 6.07) is 7.56. The summed E-state index contributed by atoms with van der Waals surface area (Å²) in [4.78, 5) is 32.5. The van der Waals surface area contributed by atoms with E-state index in [0.29, 0.717) is 12.3 Å². The van der Waals surface area contributed by atoms with Gasteiger partial charge in [-0.25, -0.2) is 4.79 Å². The summed E-state index contributed by atoms with van der Waals surface area (Å²) in [6.45, 7) is 4.72. The maximum Gasteiger partial charge on any atom is 0.325 e. The van der Waals surface area contributed by atoms with Crippen LogP contribution in [0.4, 0.5) is 0 Å². The van der Waals surface area contributed by atoms with Crippen LogP contribution in [0.15, 0.2) is 39.0 Å². The van der Waals surface area contributed by atoms with Gasteiger partial charge < -0.3 is 14.6 Å². The predicted molar refractivity (Wildman–Crippen MR) is 91.6 cm³/mol. The van der Waals surface area contributed by atoms with Crippen LogP contribution >= 0.6 is 0 Å². The molecule has 1 aromatic heterocycles. The Kier molecular flexibility index (Phi) is 6.36. The van der Waals surface area contributed by atoms with E-state index in [1.54, 1.807) is 6.92 Å². The minimum absolute atomic E-state index is 0.259. The summed E-state index contributed by atoms with van der Waals surface area (Å²) in [6.07, 6.45) is 3.41. The van der Waals surface area contributed by atoms with E-state index in [-0.39, 0.29) is 12.2 Å². The predicted octanol–water partition coefficient (Wildman–Crippen LogP) is 2.10. The van der Waals surface area contributed by atoms with E-state index < -0.39 is 11.2 Å². The van der Waals surface area contributed by atoms with Gasteiger partial charge in [0.2, 0.25) is 0 Å². The molecule has 7 nitrogen and oxygen atoms in total. The Bertz CT molecular complexity index is 791. The number of aryl methyl sites for hydroxylation is 1. The number of unbranched alkanes of at least 4 members (excludes halogenated alkanes) is 1. The van der Waals surface area contributed by atoms with E-state index in [2.05, 4.69) is 22.0 Å².